The second-order valence-corrected chi connectivity index (χ2v) is 7.05. The number of fused-ring (bicyclic) bond motifs is 2. The molecule has 0 radical (unpaired) electrons. The number of aromatic nitrogens is 2. The summed E-state index contributed by atoms with van der Waals surface area (Å²) in [6, 6.07) is 9.54. The molecular formula is C17H8FN4O3S-. The molecule has 0 fully saturated rings. The number of hydrogen-bond acceptors (Lipinski definition) is 4. The van der Waals surface area contributed by atoms with Crippen LogP contribution in [-0.4, -0.2) is 30.0 Å². The summed E-state index contributed by atoms with van der Waals surface area (Å²) in [6.45, 7) is 0. The van der Waals surface area contributed by atoms with Gasteiger partial charge in [0.15, 0.2) is 0 Å². The van der Waals surface area contributed by atoms with Crippen LogP contribution < -0.4 is 5.56 Å². The van der Waals surface area contributed by atoms with E-state index >= 15 is 0 Å². The average Bonchev–Trinajstić information content (AvgIpc) is 2.88. The van der Waals surface area contributed by atoms with E-state index in [0.717, 1.165) is 12.1 Å². The fourth-order valence-corrected chi connectivity index (χ4v) is 3.95. The Hall–Kier alpha value is -3.42. The van der Waals surface area contributed by atoms with Gasteiger partial charge in [0.25, 0.3) is 15.6 Å². The third-order valence-electron chi connectivity index (χ3n) is 3.88. The Kier molecular flexibility index (Phi) is 3.43. The SMILES string of the molecule is [N-]=C=C(C1=NS(=O)(=O)c2ccccc21)c1nc2ccc(F)cc2c(=O)[nH]1. The van der Waals surface area contributed by atoms with Gasteiger partial charge in [-0.3, -0.25) is 10.7 Å². The second-order valence-electron chi connectivity index (χ2n) is 5.47. The van der Waals surface area contributed by atoms with Crippen LogP contribution in [0.2, 0.25) is 0 Å². The van der Waals surface area contributed by atoms with Crippen molar-refractivity contribution in [3.63, 3.8) is 0 Å². The highest BCUT2D eigenvalue weighted by molar-refractivity contribution is 7.90. The van der Waals surface area contributed by atoms with Crippen LogP contribution in [0.5, 0.6) is 0 Å². The van der Waals surface area contributed by atoms with Crippen molar-refractivity contribution >= 4 is 38.1 Å². The molecule has 7 nitrogen and oxygen atoms in total. The van der Waals surface area contributed by atoms with Gasteiger partial charge in [-0.05, 0) is 24.3 Å². The van der Waals surface area contributed by atoms with Crippen LogP contribution in [0.3, 0.4) is 0 Å². The molecule has 0 bridgehead atoms. The van der Waals surface area contributed by atoms with Crippen LogP contribution in [0.15, 0.2) is 56.6 Å². The molecule has 0 amide bonds. The maximum atomic E-state index is 13.3. The molecule has 0 unspecified atom stereocenters. The van der Waals surface area contributed by atoms with E-state index in [9.17, 15) is 23.0 Å². The summed E-state index contributed by atoms with van der Waals surface area (Å²) in [5.74, 6) is 1.13. The van der Waals surface area contributed by atoms with Gasteiger partial charge in [0, 0.05) is 5.56 Å². The van der Waals surface area contributed by atoms with E-state index in [1.807, 2.05) is 5.87 Å². The van der Waals surface area contributed by atoms with Gasteiger partial charge in [0.2, 0.25) is 0 Å². The first-order chi connectivity index (χ1) is 12.4. The molecule has 2 heterocycles. The van der Waals surface area contributed by atoms with Crippen molar-refractivity contribution in [1.29, 1.82) is 0 Å². The highest BCUT2D eigenvalue weighted by Crippen LogP contribution is 2.30. The number of nitrogens with one attached hydrogen (secondary N) is 1. The maximum Gasteiger partial charge on any atom is 0.283 e. The predicted octanol–water partition coefficient (Wildman–Crippen LogP) is 1.88. The van der Waals surface area contributed by atoms with Gasteiger partial charge in [-0.2, -0.15) is 12.8 Å². The van der Waals surface area contributed by atoms with Crippen LogP contribution in [-0.2, 0) is 10.0 Å². The number of hydrogen-bond donors (Lipinski definition) is 1. The summed E-state index contributed by atoms with van der Waals surface area (Å²) < 4.78 is 41.4. The number of sulfonamides is 1. The Morgan fingerprint density at radius 1 is 1.19 bits per heavy atom. The summed E-state index contributed by atoms with van der Waals surface area (Å²) in [7, 11) is -3.93. The van der Waals surface area contributed by atoms with E-state index < -0.39 is 21.4 Å². The number of allylic oxidation sites excluding steroid dienone is 1. The zero-order valence-corrected chi connectivity index (χ0v) is 13.7. The van der Waals surface area contributed by atoms with Crippen molar-refractivity contribution in [3.8, 4) is 0 Å². The Bertz CT molecular complexity index is 1340. The number of halogens is 1. The van der Waals surface area contributed by atoms with Crippen molar-refractivity contribution < 1.29 is 12.8 Å². The Morgan fingerprint density at radius 3 is 2.73 bits per heavy atom. The summed E-state index contributed by atoms with van der Waals surface area (Å²) in [5.41, 5.74) is -0.500. The average molecular weight is 367 g/mol. The lowest BCUT2D eigenvalue weighted by atomic mass is 10.0. The van der Waals surface area contributed by atoms with E-state index in [2.05, 4.69) is 14.4 Å². The minimum atomic E-state index is -3.93. The highest BCUT2D eigenvalue weighted by Gasteiger charge is 2.31. The molecule has 3 aromatic rings. The molecule has 1 aliphatic heterocycles. The zero-order chi connectivity index (χ0) is 18.5. The Labute approximate surface area is 146 Å². The molecule has 1 N–H and O–H groups in total. The van der Waals surface area contributed by atoms with Crippen LogP contribution in [0.25, 0.3) is 21.9 Å². The molecular weight excluding hydrogens is 359 g/mol. The Balaban J connectivity index is 1.96. The van der Waals surface area contributed by atoms with Crippen molar-refractivity contribution in [2.45, 2.75) is 4.90 Å². The summed E-state index contributed by atoms with van der Waals surface area (Å²) in [6.07, 6.45) is 0. The quantitative estimate of drug-likeness (QED) is 0.696. The fourth-order valence-electron chi connectivity index (χ4n) is 2.73. The molecule has 0 saturated carbocycles. The fraction of sp³-hybridized carbons (Fsp3) is 0. The monoisotopic (exact) mass is 367 g/mol. The lowest BCUT2D eigenvalue weighted by Crippen LogP contribution is -2.15. The third-order valence-corrected chi connectivity index (χ3v) is 5.22. The number of benzene rings is 2. The number of rotatable bonds is 2. The normalized spacial score (nSPS) is 14.6. The van der Waals surface area contributed by atoms with E-state index in [0.29, 0.717) is 0 Å². The molecule has 1 aromatic heterocycles. The lowest BCUT2D eigenvalue weighted by Gasteiger charge is -2.08. The summed E-state index contributed by atoms with van der Waals surface area (Å²) in [5, 5.41) is 9.58. The van der Waals surface area contributed by atoms with E-state index in [4.69, 9.17) is 0 Å². The molecule has 1 aliphatic rings. The zero-order valence-electron chi connectivity index (χ0n) is 12.9. The summed E-state index contributed by atoms with van der Waals surface area (Å²) >= 11 is 0. The van der Waals surface area contributed by atoms with E-state index in [-0.39, 0.29) is 38.5 Å². The van der Waals surface area contributed by atoms with Gasteiger partial charge in [0.05, 0.1) is 21.4 Å². The molecule has 128 valence electrons. The molecule has 0 atom stereocenters. The van der Waals surface area contributed by atoms with Crippen LogP contribution in [0, 0.1) is 5.82 Å². The number of nitrogens with zero attached hydrogens (tertiary/aromatic N) is 3. The minimum absolute atomic E-state index is 0.0204. The first kappa shape index (κ1) is 16.1. The van der Waals surface area contributed by atoms with Crippen molar-refractivity contribution in [2.75, 3.05) is 0 Å². The first-order valence-electron chi connectivity index (χ1n) is 7.32. The largest absolute Gasteiger partial charge is 0.763 e. The van der Waals surface area contributed by atoms with Gasteiger partial charge in [-0.15, -0.1) is 0 Å². The van der Waals surface area contributed by atoms with Crippen LogP contribution in [0.1, 0.15) is 11.4 Å². The van der Waals surface area contributed by atoms with E-state index in [1.165, 1.54) is 18.2 Å². The van der Waals surface area contributed by atoms with Gasteiger partial charge in [-0.1, -0.05) is 18.2 Å². The number of H-pyrrole nitrogens is 1. The smallest absolute Gasteiger partial charge is 0.283 e. The topological polar surface area (TPSA) is 115 Å². The number of aromatic amines is 1. The van der Waals surface area contributed by atoms with Crippen LogP contribution >= 0.6 is 0 Å². The van der Waals surface area contributed by atoms with E-state index in [1.54, 1.807) is 12.1 Å². The molecule has 0 saturated heterocycles. The highest BCUT2D eigenvalue weighted by atomic mass is 32.2. The van der Waals surface area contributed by atoms with Crippen LogP contribution in [0.4, 0.5) is 4.39 Å². The molecule has 9 heteroatoms. The Morgan fingerprint density at radius 2 is 1.96 bits per heavy atom. The van der Waals surface area contributed by atoms with Crippen molar-refractivity contribution in [2.24, 2.45) is 4.40 Å². The molecule has 0 aliphatic carbocycles. The lowest BCUT2D eigenvalue weighted by molar-refractivity contribution is 0.599. The van der Waals surface area contributed by atoms with Gasteiger partial charge < -0.3 is 10.4 Å². The minimum Gasteiger partial charge on any atom is -0.763 e. The standard InChI is InChI=1S/C17H8FN4O3S/c18-9-5-6-13-11(7-9)17(23)21-16(20-13)12(8-19)15-10-3-1-2-4-14(10)26(24,25)22-15/h1-7H,(H,20,21,23)/q-1. The predicted molar refractivity (Wildman–Crippen MR) is 94.3 cm³/mol. The summed E-state index contributed by atoms with van der Waals surface area (Å²) in [4.78, 5) is 18.7. The van der Waals surface area contributed by atoms with Crippen molar-refractivity contribution in [1.82, 2.24) is 9.97 Å². The first-order valence-corrected chi connectivity index (χ1v) is 8.76. The van der Waals surface area contributed by atoms with Gasteiger partial charge in [0.1, 0.15) is 17.4 Å². The van der Waals surface area contributed by atoms with Gasteiger partial charge in [-0.25, -0.2) is 9.37 Å². The molecule has 2 aromatic carbocycles. The van der Waals surface area contributed by atoms with Gasteiger partial charge >= 0.3 is 0 Å². The third kappa shape index (κ3) is 2.38. The van der Waals surface area contributed by atoms with Crippen molar-refractivity contribution in [3.05, 3.63) is 75.4 Å². The molecule has 4 rings (SSSR count). The molecule has 0 spiro atoms. The maximum absolute atomic E-state index is 13.3. The second kappa shape index (κ2) is 5.55. The molecule has 26 heavy (non-hydrogen) atoms.